The van der Waals surface area contributed by atoms with Crippen LogP contribution in [0.2, 0.25) is 0 Å². The van der Waals surface area contributed by atoms with Gasteiger partial charge in [-0.25, -0.2) is 0 Å². The highest BCUT2D eigenvalue weighted by Crippen LogP contribution is 2.32. The average molecular weight is 317 g/mol. The number of nitrogens with one attached hydrogen (secondary N) is 1. The summed E-state index contributed by atoms with van der Waals surface area (Å²) in [6, 6.07) is 5.58. The van der Waals surface area contributed by atoms with Crippen molar-refractivity contribution in [2.45, 2.75) is 44.6 Å². The zero-order chi connectivity index (χ0) is 16.4. The van der Waals surface area contributed by atoms with Crippen molar-refractivity contribution < 1.29 is 19.1 Å². The minimum Gasteiger partial charge on any atom is -0.493 e. The van der Waals surface area contributed by atoms with Crippen LogP contribution < -0.4 is 10.1 Å². The second kappa shape index (κ2) is 6.24. The first-order valence-corrected chi connectivity index (χ1v) is 8.11. The number of methoxy groups -OCH3 is 1. The number of hydrogen-bond donors (Lipinski definition) is 2. The topological polar surface area (TPSA) is 71.7 Å². The molecule has 1 aliphatic rings. The summed E-state index contributed by atoms with van der Waals surface area (Å²) in [4.78, 5) is 12.5. The normalized spacial score (nSPS) is 17.2. The standard InChI is InChI=1S/C18H23NO4/c1-12-13-7-6-8-14(22-2)16(13)23-15(12)17(20)19-11-18(21)9-4-3-5-10-18/h6-8,21H,3-5,9-11H2,1-2H3,(H,19,20). The lowest BCUT2D eigenvalue weighted by atomic mass is 9.85. The van der Waals surface area contributed by atoms with Crippen LogP contribution in [0, 0.1) is 6.92 Å². The van der Waals surface area contributed by atoms with Crippen LogP contribution in [0.5, 0.6) is 5.75 Å². The van der Waals surface area contributed by atoms with Gasteiger partial charge in [0.05, 0.1) is 12.7 Å². The van der Waals surface area contributed by atoms with E-state index in [1.807, 2.05) is 19.1 Å². The molecule has 0 radical (unpaired) electrons. The third-order valence-corrected chi connectivity index (χ3v) is 4.72. The maximum atomic E-state index is 12.5. The van der Waals surface area contributed by atoms with E-state index in [4.69, 9.17) is 9.15 Å². The predicted molar refractivity (Wildman–Crippen MR) is 87.9 cm³/mol. The molecule has 0 saturated heterocycles. The fraction of sp³-hybridized carbons (Fsp3) is 0.500. The van der Waals surface area contributed by atoms with Crippen LogP contribution in [0.4, 0.5) is 0 Å². The van der Waals surface area contributed by atoms with E-state index in [1.165, 1.54) is 0 Å². The first-order valence-electron chi connectivity index (χ1n) is 8.11. The van der Waals surface area contributed by atoms with Crippen LogP contribution in [-0.2, 0) is 0 Å². The largest absolute Gasteiger partial charge is 0.493 e. The summed E-state index contributed by atoms with van der Waals surface area (Å²) in [5.74, 6) is 0.596. The molecule has 5 heteroatoms. The summed E-state index contributed by atoms with van der Waals surface area (Å²) in [7, 11) is 1.57. The van der Waals surface area contributed by atoms with Gasteiger partial charge in [0, 0.05) is 17.5 Å². The van der Waals surface area contributed by atoms with Crippen molar-refractivity contribution >= 4 is 16.9 Å². The molecule has 2 N–H and O–H groups in total. The molecular formula is C18H23NO4. The Bertz CT molecular complexity index is 713. The molecule has 1 aliphatic carbocycles. The molecule has 23 heavy (non-hydrogen) atoms. The second-order valence-electron chi connectivity index (χ2n) is 6.36. The van der Waals surface area contributed by atoms with Crippen molar-refractivity contribution in [3.63, 3.8) is 0 Å². The van der Waals surface area contributed by atoms with Crippen molar-refractivity contribution in [1.82, 2.24) is 5.32 Å². The molecule has 3 rings (SSSR count). The smallest absolute Gasteiger partial charge is 0.287 e. The van der Waals surface area contributed by atoms with Gasteiger partial charge in [-0.05, 0) is 25.8 Å². The van der Waals surface area contributed by atoms with Crippen LogP contribution in [0.1, 0.15) is 48.2 Å². The van der Waals surface area contributed by atoms with Crippen molar-refractivity contribution in [1.29, 1.82) is 0 Å². The molecule has 0 bridgehead atoms. The number of para-hydroxylation sites is 1. The third-order valence-electron chi connectivity index (χ3n) is 4.72. The molecular weight excluding hydrogens is 294 g/mol. The molecule has 1 aromatic carbocycles. The quantitative estimate of drug-likeness (QED) is 0.908. The van der Waals surface area contributed by atoms with E-state index in [0.717, 1.165) is 43.1 Å². The molecule has 1 amide bonds. The summed E-state index contributed by atoms with van der Waals surface area (Å²) in [5.41, 5.74) is 0.576. The molecule has 1 aromatic heterocycles. The van der Waals surface area contributed by atoms with Gasteiger partial charge in [-0.2, -0.15) is 0 Å². The lowest BCUT2D eigenvalue weighted by molar-refractivity contribution is 0.00503. The van der Waals surface area contributed by atoms with Crippen LogP contribution in [0.15, 0.2) is 22.6 Å². The van der Waals surface area contributed by atoms with Crippen LogP contribution in [-0.4, -0.2) is 30.3 Å². The van der Waals surface area contributed by atoms with Gasteiger partial charge in [0.25, 0.3) is 5.91 Å². The van der Waals surface area contributed by atoms with Crippen LogP contribution in [0.25, 0.3) is 11.0 Å². The Kier molecular flexibility index (Phi) is 4.31. The van der Waals surface area contributed by atoms with Crippen LogP contribution in [0.3, 0.4) is 0 Å². The zero-order valence-corrected chi connectivity index (χ0v) is 13.6. The van der Waals surface area contributed by atoms with Crippen molar-refractivity contribution in [2.24, 2.45) is 0 Å². The summed E-state index contributed by atoms with van der Waals surface area (Å²) in [6.07, 6.45) is 4.64. The Hall–Kier alpha value is -2.01. The summed E-state index contributed by atoms with van der Waals surface area (Å²) in [6.45, 7) is 2.12. The SMILES string of the molecule is COc1cccc2c(C)c(C(=O)NCC3(O)CCCCC3)oc12. The maximum absolute atomic E-state index is 12.5. The number of aliphatic hydroxyl groups is 1. The summed E-state index contributed by atoms with van der Waals surface area (Å²) >= 11 is 0. The van der Waals surface area contributed by atoms with Gasteiger partial charge in [0.15, 0.2) is 17.1 Å². The predicted octanol–water partition coefficient (Wildman–Crippen LogP) is 3.17. The lowest BCUT2D eigenvalue weighted by Gasteiger charge is -2.31. The molecule has 5 nitrogen and oxygen atoms in total. The second-order valence-corrected chi connectivity index (χ2v) is 6.36. The highest BCUT2D eigenvalue weighted by atomic mass is 16.5. The number of rotatable bonds is 4. The molecule has 0 aliphatic heterocycles. The minimum absolute atomic E-state index is 0.263. The maximum Gasteiger partial charge on any atom is 0.287 e. The summed E-state index contributed by atoms with van der Waals surface area (Å²) < 4.78 is 11.0. The Morgan fingerprint density at radius 2 is 2.09 bits per heavy atom. The van der Waals surface area contributed by atoms with Gasteiger partial charge in [-0.3, -0.25) is 4.79 Å². The minimum atomic E-state index is -0.786. The molecule has 0 atom stereocenters. The van der Waals surface area contributed by atoms with E-state index in [9.17, 15) is 9.90 Å². The Morgan fingerprint density at radius 1 is 1.35 bits per heavy atom. The number of carbonyl (C=O) groups is 1. The number of fused-ring (bicyclic) bond motifs is 1. The molecule has 124 valence electrons. The van der Waals surface area contributed by atoms with Gasteiger partial charge in [0.2, 0.25) is 0 Å². The fourth-order valence-corrected chi connectivity index (χ4v) is 3.31. The number of aryl methyl sites for hydroxylation is 1. The molecule has 1 fully saturated rings. The van der Waals surface area contributed by atoms with E-state index in [2.05, 4.69) is 5.32 Å². The zero-order valence-electron chi connectivity index (χ0n) is 13.6. The van der Waals surface area contributed by atoms with Gasteiger partial charge in [-0.15, -0.1) is 0 Å². The monoisotopic (exact) mass is 317 g/mol. The first-order chi connectivity index (χ1) is 11.0. The lowest BCUT2D eigenvalue weighted by Crippen LogP contribution is -2.44. The van der Waals surface area contributed by atoms with E-state index < -0.39 is 5.60 Å². The highest BCUT2D eigenvalue weighted by molar-refractivity contribution is 6.00. The molecule has 1 heterocycles. The number of amides is 1. The first kappa shape index (κ1) is 15.9. The number of carbonyl (C=O) groups excluding carboxylic acids is 1. The van der Waals surface area contributed by atoms with Gasteiger partial charge < -0.3 is 19.6 Å². The Labute approximate surface area is 135 Å². The van der Waals surface area contributed by atoms with Crippen molar-refractivity contribution in [3.05, 3.63) is 29.5 Å². The molecule has 1 saturated carbocycles. The number of furan rings is 1. The average Bonchev–Trinajstić information content (AvgIpc) is 2.91. The number of benzene rings is 1. The van der Waals surface area contributed by atoms with Crippen molar-refractivity contribution in [2.75, 3.05) is 13.7 Å². The molecule has 2 aromatic rings. The Morgan fingerprint density at radius 3 is 2.78 bits per heavy atom. The van der Waals surface area contributed by atoms with Crippen molar-refractivity contribution in [3.8, 4) is 5.75 Å². The van der Waals surface area contributed by atoms with Gasteiger partial charge >= 0.3 is 0 Å². The Balaban J connectivity index is 1.79. The van der Waals surface area contributed by atoms with E-state index >= 15 is 0 Å². The summed E-state index contributed by atoms with van der Waals surface area (Å²) in [5, 5.41) is 14.2. The van der Waals surface area contributed by atoms with Gasteiger partial charge in [-0.1, -0.05) is 31.4 Å². The van der Waals surface area contributed by atoms with E-state index in [0.29, 0.717) is 11.3 Å². The number of ether oxygens (including phenoxy) is 1. The fourth-order valence-electron chi connectivity index (χ4n) is 3.31. The molecule has 0 unspecified atom stereocenters. The molecule has 0 spiro atoms. The van der Waals surface area contributed by atoms with Crippen LogP contribution >= 0.6 is 0 Å². The third kappa shape index (κ3) is 3.06. The van der Waals surface area contributed by atoms with E-state index in [-0.39, 0.29) is 18.2 Å². The number of hydrogen-bond acceptors (Lipinski definition) is 4. The van der Waals surface area contributed by atoms with Gasteiger partial charge in [0.1, 0.15) is 0 Å². The van der Waals surface area contributed by atoms with E-state index in [1.54, 1.807) is 13.2 Å². The highest BCUT2D eigenvalue weighted by Gasteiger charge is 2.30.